The second-order valence-corrected chi connectivity index (χ2v) is 13.3. The van der Waals surface area contributed by atoms with E-state index in [9.17, 15) is 9.59 Å². The van der Waals surface area contributed by atoms with Gasteiger partial charge in [-0.05, 0) is 96.0 Å². The van der Waals surface area contributed by atoms with Crippen LogP contribution in [0.25, 0.3) is 11.1 Å². The average Bonchev–Trinajstić information content (AvgIpc) is 2.98. The van der Waals surface area contributed by atoms with Crippen LogP contribution in [0.1, 0.15) is 76.9 Å². The molecule has 1 heterocycles. The van der Waals surface area contributed by atoms with Gasteiger partial charge in [0.25, 0.3) is 0 Å². The highest BCUT2D eigenvalue weighted by Gasteiger charge is 2.22. The first kappa shape index (κ1) is 34.9. The number of nitrogens with one attached hydrogen (secondary N) is 2. The van der Waals surface area contributed by atoms with E-state index in [1.54, 1.807) is 52.1 Å². The van der Waals surface area contributed by atoms with Crippen LogP contribution in [0.5, 0.6) is 5.75 Å². The zero-order chi connectivity index (χ0) is 34.2. The van der Waals surface area contributed by atoms with Gasteiger partial charge < -0.3 is 24.8 Å². The van der Waals surface area contributed by atoms with E-state index < -0.39 is 29.2 Å². The molecule has 8 nitrogen and oxygen atoms in total. The van der Waals surface area contributed by atoms with E-state index in [4.69, 9.17) is 14.2 Å². The number of carbonyl (C=O) groups is 2. The number of esters is 1. The number of anilines is 1. The first-order chi connectivity index (χ1) is 22.2. The smallest absolute Gasteiger partial charge is 0.408 e. The van der Waals surface area contributed by atoms with Crippen molar-refractivity contribution in [3.05, 3.63) is 113 Å². The van der Waals surface area contributed by atoms with Crippen LogP contribution in [0.4, 0.5) is 14.9 Å². The van der Waals surface area contributed by atoms with Gasteiger partial charge in [0, 0.05) is 28.6 Å². The molecule has 1 aromatic heterocycles. The number of hydrogen-bond acceptors (Lipinski definition) is 7. The summed E-state index contributed by atoms with van der Waals surface area (Å²) < 4.78 is 33.3. The Bertz CT molecular complexity index is 1680. The maximum atomic E-state index is 16.2. The summed E-state index contributed by atoms with van der Waals surface area (Å²) in [5.41, 5.74) is 3.13. The summed E-state index contributed by atoms with van der Waals surface area (Å²) in [7, 11) is 0. The molecule has 0 saturated heterocycles. The lowest BCUT2D eigenvalue weighted by atomic mass is 9.97. The number of hydrogen-bond donors (Lipinski definition) is 2. The van der Waals surface area contributed by atoms with Gasteiger partial charge in [-0.25, -0.2) is 9.18 Å². The maximum Gasteiger partial charge on any atom is 0.408 e. The molecule has 0 aliphatic rings. The van der Waals surface area contributed by atoms with E-state index in [1.807, 2.05) is 81.4 Å². The number of carbonyl (C=O) groups excluding carboxylic acids is 2. The van der Waals surface area contributed by atoms with Gasteiger partial charge in [-0.3, -0.25) is 9.78 Å². The Morgan fingerprint density at radius 3 is 2.30 bits per heavy atom. The van der Waals surface area contributed by atoms with Crippen molar-refractivity contribution in [3.8, 4) is 16.9 Å². The van der Waals surface area contributed by atoms with Gasteiger partial charge in [0.15, 0.2) is 0 Å². The Morgan fingerprint density at radius 2 is 1.60 bits per heavy atom. The van der Waals surface area contributed by atoms with Crippen molar-refractivity contribution < 1.29 is 28.2 Å². The van der Waals surface area contributed by atoms with Crippen LogP contribution in [0.2, 0.25) is 0 Å². The molecule has 4 aromatic rings. The molecular formula is C38H44FN3O5. The number of benzene rings is 3. The van der Waals surface area contributed by atoms with E-state index in [-0.39, 0.29) is 19.0 Å². The summed E-state index contributed by atoms with van der Waals surface area (Å²) in [6.07, 6.45) is 1.18. The first-order valence-electron chi connectivity index (χ1n) is 15.7. The largest absolute Gasteiger partial charge is 0.489 e. The van der Waals surface area contributed by atoms with Crippen LogP contribution < -0.4 is 15.4 Å². The van der Waals surface area contributed by atoms with Gasteiger partial charge in [-0.15, -0.1) is 0 Å². The number of halogens is 1. The number of amides is 1. The summed E-state index contributed by atoms with van der Waals surface area (Å²) in [6.45, 7) is 13.1. The van der Waals surface area contributed by atoms with E-state index in [0.717, 1.165) is 16.9 Å². The lowest BCUT2D eigenvalue weighted by molar-refractivity contribution is -0.153. The highest BCUT2D eigenvalue weighted by molar-refractivity contribution is 5.74. The molecule has 1 amide bonds. The van der Waals surface area contributed by atoms with Crippen molar-refractivity contribution >= 4 is 17.7 Å². The second-order valence-electron chi connectivity index (χ2n) is 13.3. The van der Waals surface area contributed by atoms with Crippen LogP contribution in [-0.4, -0.2) is 28.2 Å². The molecule has 1 atom stereocenters. The van der Waals surface area contributed by atoms with Crippen molar-refractivity contribution in [2.24, 2.45) is 0 Å². The zero-order valence-corrected chi connectivity index (χ0v) is 28.1. The minimum absolute atomic E-state index is 0.0673. The van der Waals surface area contributed by atoms with Gasteiger partial charge in [0.2, 0.25) is 0 Å². The highest BCUT2D eigenvalue weighted by Crippen LogP contribution is 2.32. The molecule has 0 aliphatic heterocycles. The lowest BCUT2D eigenvalue weighted by Crippen LogP contribution is -2.34. The highest BCUT2D eigenvalue weighted by atomic mass is 19.1. The third-order valence-corrected chi connectivity index (χ3v) is 6.85. The molecule has 0 spiro atoms. The Kier molecular flexibility index (Phi) is 11.2. The Morgan fingerprint density at radius 1 is 0.872 bits per heavy atom. The Hall–Kier alpha value is -4.92. The summed E-state index contributed by atoms with van der Waals surface area (Å²) in [5.74, 6) is -0.239. The second kappa shape index (κ2) is 15.1. The fourth-order valence-electron chi connectivity index (χ4n) is 4.88. The van der Waals surface area contributed by atoms with Crippen LogP contribution in [-0.2, 0) is 33.8 Å². The van der Waals surface area contributed by atoms with Crippen LogP contribution in [0, 0.1) is 5.82 Å². The summed E-state index contributed by atoms with van der Waals surface area (Å²) in [5, 5.41) is 6.13. The van der Waals surface area contributed by atoms with Crippen LogP contribution in [0.3, 0.4) is 0 Å². The van der Waals surface area contributed by atoms with Crippen molar-refractivity contribution in [1.82, 2.24) is 10.3 Å². The average molecular weight is 642 g/mol. The number of rotatable bonds is 11. The molecule has 0 aliphatic carbocycles. The molecule has 9 heteroatoms. The third kappa shape index (κ3) is 10.8. The number of alkyl carbamates (subject to hydrolysis) is 1. The minimum atomic E-state index is -0.679. The first-order valence-corrected chi connectivity index (χ1v) is 15.7. The predicted octanol–water partition coefficient (Wildman–Crippen LogP) is 8.55. The molecule has 0 fully saturated rings. The molecule has 1 unspecified atom stereocenters. The van der Waals surface area contributed by atoms with E-state index in [1.165, 1.54) is 0 Å². The van der Waals surface area contributed by atoms with E-state index in [0.29, 0.717) is 34.5 Å². The van der Waals surface area contributed by atoms with Gasteiger partial charge in [-0.2, -0.15) is 0 Å². The van der Waals surface area contributed by atoms with Crippen LogP contribution in [0.15, 0.2) is 85.1 Å². The minimum Gasteiger partial charge on any atom is -0.489 e. The summed E-state index contributed by atoms with van der Waals surface area (Å²) in [4.78, 5) is 29.4. The number of nitrogens with zero attached hydrogens (tertiary/aromatic N) is 1. The fourth-order valence-corrected chi connectivity index (χ4v) is 4.88. The topological polar surface area (TPSA) is 98.8 Å². The van der Waals surface area contributed by atoms with Crippen molar-refractivity contribution in [1.29, 1.82) is 0 Å². The van der Waals surface area contributed by atoms with E-state index in [2.05, 4.69) is 15.6 Å². The zero-order valence-electron chi connectivity index (χ0n) is 28.1. The van der Waals surface area contributed by atoms with Gasteiger partial charge in [0.05, 0.1) is 24.7 Å². The predicted molar refractivity (Wildman–Crippen MR) is 182 cm³/mol. The van der Waals surface area contributed by atoms with Gasteiger partial charge >= 0.3 is 12.1 Å². The molecule has 0 bridgehead atoms. The lowest BCUT2D eigenvalue weighted by Gasteiger charge is -2.22. The molecule has 0 radical (unpaired) electrons. The van der Waals surface area contributed by atoms with Crippen LogP contribution >= 0.6 is 0 Å². The molecule has 248 valence electrons. The van der Waals surface area contributed by atoms with Crippen molar-refractivity contribution in [2.75, 3.05) is 5.32 Å². The number of pyridine rings is 1. The summed E-state index contributed by atoms with van der Waals surface area (Å²) in [6, 6.07) is 23.2. The standard InChI is InChI=1S/C38H44FN3O5/c1-25(42-36(44)47-38(5,6)7)31-15-12-16-32(35(31)39)28-19-26(20-30(21-28)41-23-29-14-10-11-18-40-29)24-45-33-17-9-8-13-27(33)22-34(43)46-37(2,3)4/h8-21,25,41H,22-24H2,1-7H3,(H,42,44). The molecule has 47 heavy (non-hydrogen) atoms. The molecule has 0 saturated carbocycles. The normalized spacial score (nSPS) is 12.2. The third-order valence-electron chi connectivity index (χ3n) is 6.85. The van der Waals surface area contributed by atoms with Gasteiger partial charge in [0.1, 0.15) is 29.4 Å². The number of aromatic nitrogens is 1. The number of ether oxygens (including phenoxy) is 3. The monoisotopic (exact) mass is 641 g/mol. The quantitative estimate of drug-likeness (QED) is 0.158. The van der Waals surface area contributed by atoms with Crippen molar-refractivity contribution in [3.63, 3.8) is 0 Å². The van der Waals surface area contributed by atoms with Crippen molar-refractivity contribution in [2.45, 2.75) is 85.3 Å². The Balaban J connectivity index is 1.62. The summed E-state index contributed by atoms with van der Waals surface area (Å²) >= 11 is 0. The molecule has 2 N–H and O–H groups in total. The Labute approximate surface area is 276 Å². The molecule has 3 aromatic carbocycles. The fraction of sp³-hybridized carbons (Fsp3) is 0.342. The maximum absolute atomic E-state index is 16.2. The number of para-hydroxylation sites is 1. The SMILES string of the molecule is CC(NC(=O)OC(C)(C)C)c1cccc(-c2cc(COc3ccccc3CC(=O)OC(C)(C)C)cc(NCc3ccccn3)c2)c1F. The molecule has 4 rings (SSSR count). The molecular weight excluding hydrogens is 597 g/mol. The van der Waals surface area contributed by atoms with E-state index >= 15 is 4.39 Å². The van der Waals surface area contributed by atoms with Gasteiger partial charge in [-0.1, -0.05) is 42.5 Å².